The van der Waals surface area contributed by atoms with E-state index in [4.69, 9.17) is 0 Å². The Labute approximate surface area is 256 Å². The van der Waals surface area contributed by atoms with E-state index < -0.39 is 0 Å². The molecule has 0 atom stereocenters. The largest absolute Gasteiger partial charge is 0.0622 e. The average molecular weight is 557 g/mol. The summed E-state index contributed by atoms with van der Waals surface area (Å²) >= 11 is 0. The predicted octanol–water partition coefficient (Wildman–Crippen LogP) is 12.4. The molecule has 0 nitrogen and oxygen atoms in total. The molecule has 9 rings (SSSR count). The predicted molar refractivity (Wildman–Crippen MR) is 189 cm³/mol. The van der Waals surface area contributed by atoms with Gasteiger partial charge in [-0.2, -0.15) is 0 Å². The van der Waals surface area contributed by atoms with Crippen LogP contribution in [-0.4, -0.2) is 0 Å². The molecular formula is C44H28. The minimum absolute atomic E-state index is 1.23. The van der Waals surface area contributed by atoms with Crippen LogP contribution in [0.4, 0.5) is 0 Å². The number of benzene rings is 9. The molecule has 0 spiro atoms. The highest BCUT2D eigenvalue weighted by Crippen LogP contribution is 2.44. The van der Waals surface area contributed by atoms with Crippen LogP contribution in [0, 0.1) is 0 Å². The lowest BCUT2D eigenvalue weighted by molar-refractivity contribution is 1.60. The highest BCUT2D eigenvalue weighted by molar-refractivity contribution is 6.28. The highest BCUT2D eigenvalue weighted by Gasteiger charge is 2.17. The first-order valence-electron chi connectivity index (χ1n) is 15.3. The molecule has 0 radical (unpaired) electrons. The van der Waals surface area contributed by atoms with Crippen molar-refractivity contribution in [3.05, 3.63) is 170 Å². The lowest BCUT2D eigenvalue weighted by Gasteiger charge is -2.18. The van der Waals surface area contributed by atoms with E-state index in [9.17, 15) is 0 Å². The summed E-state index contributed by atoms with van der Waals surface area (Å²) in [6.07, 6.45) is 0. The smallest absolute Gasteiger partial charge is 0.00143 e. The zero-order chi connectivity index (χ0) is 29.0. The van der Waals surface area contributed by atoms with Crippen molar-refractivity contribution in [3.8, 4) is 44.5 Å². The van der Waals surface area contributed by atoms with E-state index in [1.54, 1.807) is 0 Å². The van der Waals surface area contributed by atoms with Crippen LogP contribution in [0.25, 0.3) is 87.6 Å². The molecule has 204 valence electrons. The molecular weight excluding hydrogens is 528 g/mol. The van der Waals surface area contributed by atoms with Gasteiger partial charge in [-0.25, -0.2) is 0 Å². The van der Waals surface area contributed by atoms with Gasteiger partial charge >= 0.3 is 0 Å². The van der Waals surface area contributed by atoms with Crippen LogP contribution in [-0.2, 0) is 0 Å². The fraction of sp³-hybridized carbons (Fsp3) is 0. The van der Waals surface area contributed by atoms with Crippen LogP contribution in [0.1, 0.15) is 0 Å². The van der Waals surface area contributed by atoms with Gasteiger partial charge in [-0.3, -0.25) is 0 Å². The summed E-state index contributed by atoms with van der Waals surface area (Å²) in [7, 11) is 0. The van der Waals surface area contributed by atoms with Crippen molar-refractivity contribution in [1.29, 1.82) is 0 Å². The molecule has 0 heterocycles. The van der Waals surface area contributed by atoms with E-state index in [1.807, 2.05) is 0 Å². The average Bonchev–Trinajstić information content (AvgIpc) is 3.11. The van der Waals surface area contributed by atoms with Crippen molar-refractivity contribution in [2.24, 2.45) is 0 Å². The van der Waals surface area contributed by atoms with Crippen LogP contribution in [0.3, 0.4) is 0 Å². The quantitative estimate of drug-likeness (QED) is 0.189. The Morgan fingerprint density at radius 2 is 0.682 bits per heavy atom. The fourth-order valence-electron chi connectivity index (χ4n) is 6.99. The van der Waals surface area contributed by atoms with Crippen molar-refractivity contribution < 1.29 is 0 Å². The summed E-state index contributed by atoms with van der Waals surface area (Å²) in [5.41, 5.74) is 9.94. The summed E-state index contributed by atoms with van der Waals surface area (Å²) in [5.74, 6) is 0. The van der Waals surface area contributed by atoms with Gasteiger partial charge < -0.3 is 0 Å². The van der Waals surface area contributed by atoms with Crippen molar-refractivity contribution in [1.82, 2.24) is 0 Å². The molecule has 0 saturated carbocycles. The molecule has 44 heavy (non-hydrogen) atoms. The summed E-state index contributed by atoms with van der Waals surface area (Å²) in [5, 5.41) is 10.4. The zero-order valence-electron chi connectivity index (χ0n) is 24.2. The van der Waals surface area contributed by atoms with Gasteiger partial charge in [0.25, 0.3) is 0 Å². The molecule has 0 N–H and O–H groups in total. The molecule has 0 fully saturated rings. The van der Waals surface area contributed by atoms with Gasteiger partial charge in [0.2, 0.25) is 0 Å². The van der Waals surface area contributed by atoms with E-state index in [-0.39, 0.29) is 0 Å². The zero-order valence-corrected chi connectivity index (χ0v) is 24.2. The first-order valence-corrected chi connectivity index (χ1v) is 15.3. The van der Waals surface area contributed by atoms with Gasteiger partial charge in [0.15, 0.2) is 0 Å². The Balaban J connectivity index is 1.23. The van der Waals surface area contributed by atoms with Crippen LogP contribution < -0.4 is 0 Å². The van der Waals surface area contributed by atoms with Crippen LogP contribution in [0.5, 0.6) is 0 Å². The monoisotopic (exact) mass is 556 g/mol. The lowest BCUT2D eigenvalue weighted by Crippen LogP contribution is -1.91. The van der Waals surface area contributed by atoms with Crippen molar-refractivity contribution in [2.45, 2.75) is 0 Å². The minimum Gasteiger partial charge on any atom is -0.0622 e. The topological polar surface area (TPSA) is 0 Å². The lowest BCUT2D eigenvalue weighted by atomic mass is 9.85. The van der Waals surface area contributed by atoms with Gasteiger partial charge in [0, 0.05) is 0 Å². The van der Waals surface area contributed by atoms with E-state index in [0.29, 0.717) is 0 Å². The number of hydrogen-bond acceptors (Lipinski definition) is 0. The molecule has 0 aromatic heterocycles. The Morgan fingerprint density at radius 1 is 0.227 bits per heavy atom. The van der Waals surface area contributed by atoms with Gasteiger partial charge in [0.1, 0.15) is 0 Å². The minimum atomic E-state index is 1.23. The molecule has 0 unspecified atom stereocenters. The number of rotatable bonds is 4. The van der Waals surface area contributed by atoms with Crippen LogP contribution >= 0.6 is 0 Å². The number of hydrogen-bond donors (Lipinski definition) is 0. The Kier molecular flexibility index (Phi) is 5.61. The SMILES string of the molecule is c1ccc(-c2ccc(-c3cc(-c4ccc(-c5ccc6ccccc6c5)cc4)c4ccc5cccc6ccc3c4c65)cc2)cc1. The summed E-state index contributed by atoms with van der Waals surface area (Å²) in [6.45, 7) is 0. The van der Waals surface area contributed by atoms with E-state index in [2.05, 4.69) is 170 Å². The summed E-state index contributed by atoms with van der Waals surface area (Å²) < 4.78 is 0. The van der Waals surface area contributed by atoms with Gasteiger partial charge in [-0.1, -0.05) is 158 Å². The standard InChI is InChI=1S/C44H28/c1-2-7-29(8-3-1)31-13-18-33(19-14-31)41-28-42(40-26-24-36-12-6-11-35-23-25-39(41)44(40)43(35)36)34-20-15-32(16-21-34)38-22-17-30-9-4-5-10-37(30)27-38/h1-28H. The second-order valence-electron chi connectivity index (χ2n) is 11.7. The molecule has 0 amide bonds. The molecule has 0 heteroatoms. The Morgan fingerprint density at radius 3 is 1.32 bits per heavy atom. The molecule has 0 aliphatic heterocycles. The van der Waals surface area contributed by atoms with E-state index in [1.165, 1.54) is 87.6 Å². The second kappa shape index (κ2) is 9.93. The maximum absolute atomic E-state index is 2.41. The van der Waals surface area contributed by atoms with Gasteiger partial charge in [-0.05, 0) is 99.7 Å². The Bertz CT molecular complexity index is 2430. The normalized spacial score (nSPS) is 11.6. The first kappa shape index (κ1) is 24.8. The third-order valence-corrected chi connectivity index (χ3v) is 9.23. The molecule has 0 aliphatic carbocycles. The van der Waals surface area contributed by atoms with Crippen molar-refractivity contribution in [2.75, 3.05) is 0 Å². The molecule has 9 aromatic rings. The third-order valence-electron chi connectivity index (χ3n) is 9.23. The number of fused-ring (bicyclic) bond motifs is 1. The Hall–Kier alpha value is -5.72. The molecule has 0 saturated heterocycles. The molecule has 9 aromatic carbocycles. The maximum atomic E-state index is 2.41. The van der Waals surface area contributed by atoms with Gasteiger partial charge in [0.05, 0.1) is 0 Å². The van der Waals surface area contributed by atoms with Gasteiger partial charge in [-0.15, -0.1) is 0 Å². The fourth-order valence-corrected chi connectivity index (χ4v) is 6.99. The molecule has 0 aliphatic rings. The summed E-state index contributed by atoms with van der Waals surface area (Å²) in [4.78, 5) is 0. The van der Waals surface area contributed by atoms with E-state index in [0.717, 1.165) is 0 Å². The van der Waals surface area contributed by atoms with Crippen LogP contribution in [0.15, 0.2) is 170 Å². The molecule has 0 bridgehead atoms. The van der Waals surface area contributed by atoms with Crippen molar-refractivity contribution in [3.63, 3.8) is 0 Å². The first-order chi connectivity index (χ1) is 21.8. The second-order valence-corrected chi connectivity index (χ2v) is 11.7. The van der Waals surface area contributed by atoms with Crippen LogP contribution in [0.2, 0.25) is 0 Å². The highest BCUT2D eigenvalue weighted by atomic mass is 14.2. The van der Waals surface area contributed by atoms with Crippen molar-refractivity contribution >= 4 is 43.1 Å². The maximum Gasteiger partial charge on any atom is -0.00143 e. The summed E-state index contributed by atoms with van der Waals surface area (Å²) in [6, 6.07) is 62.3. The van der Waals surface area contributed by atoms with E-state index >= 15 is 0 Å². The third kappa shape index (κ3) is 4.00.